The van der Waals surface area contributed by atoms with Crippen LogP contribution in [0.4, 0.5) is 0 Å². The first-order valence-electron chi connectivity index (χ1n) is 8.77. The SMILES string of the molecule is CC(=O)O[C@@H](Cc1c[nH]c2ccccc12)C(=O)N[C@@H](CCC(=O)C=[N+]=[N-])C(=O)O. The molecule has 0 unspecified atom stereocenters. The Labute approximate surface area is 165 Å². The van der Waals surface area contributed by atoms with E-state index in [1.165, 1.54) is 0 Å². The van der Waals surface area contributed by atoms with Crippen LogP contribution >= 0.6 is 0 Å². The topological polar surface area (TPSA) is 162 Å². The van der Waals surface area contributed by atoms with Crippen molar-refractivity contribution in [2.75, 3.05) is 0 Å². The number of aromatic amines is 1. The Morgan fingerprint density at radius 2 is 2.03 bits per heavy atom. The van der Waals surface area contributed by atoms with E-state index in [1.807, 2.05) is 24.3 Å². The summed E-state index contributed by atoms with van der Waals surface area (Å²) >= 11 is 0. The number of ketones is 1. The van der Waals surface area contributed by atoms with Crippen molar-refractivity contribution >= 4 is 40.7 Å². The molecule has 3 N–H and O–H groups in total. The Balaban J connectivity index is 2.14. The fourth-order valence-electron chi connectivity index (χ4n) is 2.83. The molecule has 1 heterocycles. The number of carbonyl (C=O) groups excluding carboxylic acids is 3. The molecular formula is C19H20N4O6. The van der Waals surface area contributed by atoms with Crippen molar-refractivity contribution in [2.24, 2.45) is 0 Å². The van der Waals surface area contributed by atoms with Gasteiger partial charge >= 0.3 is 18.2 Å². The Bertz CT molecular complexity index is 976. The maximum Gasteiger partial charge on any atom is 0.326 e. The van der Waals surface area contributed by atoms with Gasteiger partial charge in [-0.1, -0.05) is 18.2 Å². The Hall–Kier alpha value is -3.78. The molecule has 0 saturated carbocycles. The van der Waals surface area contributed by atoms with E-state index in [0.29, 0.717) is 6.21 Å². The minimum atomic E-state index is -1.38. The first-order valence-corrected chi connectivity index (χ1v) is 8.77. The van der Waals surface area contributed by atoms with Crippen LogP contribution < -0.4 is 5.32 Å². The van der Waals surface area contributed by atoms with Gasteiger partial charge in [-0.05, 0) is 18.1 Å². The Morgan fingerprint density at radius 3 is 2.69 bits per heavy atom. The number of carboxylic acid groups (broad SMARTS) is 1. The zero-order valence-electron chi connectivity index (χ0n) is 15.6. The quantitative estimate of drug-likeness (QED) is 0.232. The lowest BCUT2D eigenvalue weighted by Gasteiger charge is -2.20. The lowest BCUT2D eigenvalue weighted by Crippen LogP contribution is -2.47. The number of carboxylic acids is 1. The largest absolute Gasteiger partial charge is 0.480 e. The van der Waals surface area contributed by atoms with Crippen LogP contribution in [0.2, 0.25) is 0 Å². The van der Waals surface area contributed by atoms with E-state index >= 15 is 0 Å². The number of amides is 1. The van der Waals surface area contributed by atoms with Gasteiger partial charge in [0.15, 0.2) is 6.10 Å². The van der Waals surface area contributed by atoms with Crippen molar-refractivity contribution in [1.82, 2.24) is 10.3 Å². The third kappa shape index (κ3) is 6.12. The number of fused-ring (bicyclic) bond motifs is 1. The van der Waals surface area contributed by atoms with E-state index < -0.39 is 35.8 Å². The number of Topliss-reactive ketones (excluding diaryl/α,β-unsaturated/α-hetero) is 1. The maximum atomic E-state index is 12.6. The fourth-order valence-corrected chi connectivity index (χ4v) is 2.83. The molecule has 2 aromatic rings. The average molecular weight is 400 g/mol. The molecule has 0 spiro atoms. The summed E-state index contributed by atoms with van der Waals surface area (Å²) in [7, 11) is 0. The molecule has 10 nitrogen and oxygen atoms in total. The lowest BCUT2D eigenvalue weighted by atomic mass is 10.0. The first-order chi connectivity index (χ1) is 13.8. The predicted molar refractivity (Wildman–Crippen MR) is 101 cm³/mol. The standard InChI is InChI=1S/C19H20N4O6/c1-11(24)29-17(8-12-9-21-15-5-3-2-4-14(12)15)18(26)23-16(19(27)28)7-6-13(25)10-22-20/h2-5,9-10,16-17,21H,6-8H2,1H3,(H,23,26)(H,27,28)/t16-,17-/m0/s1. The van der Waals surface area contributed by atoms with Gasteiger partial charge in [0.25, 0.3) is 5.91 Å². The second-order valence-electron chi connectivity index (χ2n) is 6.31. The molecule has 1 aromatic heterocycles. The summed E-state index contributed by atoms with van der Waals surface area (Å²) in [6.45, 7) is 1.15. The van der Waals surface area contributed by atoms with Gasteiger partial charge in [0.05, 0.1) is 0 Å². The van der Waals surface area contributed by atoms with Crippen LogP contribution in [0.25, 0.3) is 16.4 Å². The van der Waals surface area contributed by atoms with Gasteiger partial charge in [-0.3, -0.25) is 14.4 Å². The fraction of sp³-hybridized carbons (Fsp3) is 0.316. The van der Waals surface area contributed by atoms with E-state index in [2.05, 4.69) is 15.1 Å². The molecule has 2 rings (SSSR count). The molecule has 0 aliphatic rings. The summed E-state index contributed by atoms with van der Waals surface area (Å²) < 4.78 is 5.10. The van der Waals surface area contributed by atoms with Crippen LogP contribution in [0.5, 0.6) is 0 Å². The normalized spacial score (nSPS) is 12.4. The summed E-state index contributed by atoms with van der Waals surface area (Å²) in [6.07, 6.45) is 0.671. The van der Waals surface area contributed by atoms with Crippen LogP contribution in [0.3, 0.4) is 0 Å². The third-order valence-corrected chi connectivity index (χ3v) is 4.18. The second kappa shape index (κ2) is 9.95. The molecular weight excluding hydrogens is 380 g/mol. The zero-order valence-corrected chi connectivity index (χ0v) is 15.6. The smallest absolute Gasteiger partial charge is 0.326 e. The molecule has 0 saturated heterocycles. The van der Waals surface area contributed by atoms with E-state index in [4.69, 9.17) is 10.3 Å². The summed E-state index contributed by atoms with van der Waals surface area (Å²) in [5.74, 6) is -3.42. The maximum absolute atomic E-state index is 12.6. The van der Waals surface area contributed by atoms with Crippen molar-refractivity contribution < 1.29 is 33.8 Å². The van der Waals surface area contributed by atoms with Gasteiger partial charge in [0.1, 0.15) is 6.04 Å². The minimum absolute atomic E-state index is 0.0396. The third-order valence-electron chi connectivity index (χ3n) is 4.18. The summed E-state index contributed by atoms with van der Waals surface area (Å²) in [5, 5.41) is 12.4. The molecule has 0 fully saturated rings. The average Bonchev–Trinajstić information content (AvgIpc) is 3.07. The number of H-pyrrole nitrogens is 1. The van der Waals surface area contributed by atoms with Crippen LogP contribution in [0, 0.1) is 0 Å². The number of esters is 1. The van der Waals surface area contributed by atoms with Crippen LogP contribution in [-0.2, 0) is 30.3 Å². The first kappa shape index (κ1) is 21.5. The van der Waals surface area contributed by atoms with Crippen molar-refractivity contribution in [3.8, 4) is 0 Å². The van der Waals surface area contributed by atoms with Crippen molar-refractivity contribution in [2.45, 2.75) is 38.3 Å². The number of aromatic nitrogens is 1. The molecule has 1 amide bonds. The Kier molecular flexibility index (Phi) is 7.39. The van der Waals surface area contributed by atoms with Gasteiger partial charge in [-0.15, -0.1) is 0 Å². The second-order valence-corrected chi connectivity index (χ2v) is 6.31. The van der Waals surface area contributed by atoms with E-state index in [1.54, 1.807) is 6.20 Å². The van der Waals surface area contributed by atoms with Gasteiger partial charge in [0, 0.05) is 36.9 Å². The van der Waals surface area contributed by atoms with Crippen LogP contribution in [0.1, 0.15) is 25.3 Å². The van der Waals surface area contributed by atoms with E-state index in [0.717, 1.165) is 23.4 Å². The number of carbonyl (C=O) groups is 4. The van der Waals surface area contributed by atoms with Gasteiger partial charge in [-0.2, -0.15) is 4.79 Å². The van der Waals surface area contributed by atoms with Gasteiger partial charge in [-0.25, -0.2) is 4.79 Å². The van der Waals surface area contributed by atoms with E-state index in [-0.39, 0.29) is 19.3 Å². The summed E-state index contributed by atoms with van der Waals surface area (Å²) in [6, 6.07) is 6.00. The van der Waals surface area contributed by atoms with E-state index in [9.17, 15) is 24.3 Å². The number of nitrogens with one attached hydrogen (secondary N) is 2. The number of aliphatic carboxylic acids is 1. The highest BCUT2D eigenvalue weighted by Crippen LogP contribution is 2.20. The number of para-hydroxylation sites is 1. The van der Waals surface area contributed by atoms with Crippen molar-refractivity contribution in [3.63, 3.8) is 0 Å². The Morgan fingerprint density at radius 1 is 1.31 bits per heavy atom. The molecule has 2 atom stereocenters. The minimum Gasteiger partial charge on any atom is -0.480 e. The summed E-state index contributed by atoms with van der Waals surface area (Å²) in [4.78, 5) is 52.5. The number of hydrogen-bond acceptors (Lipinski definition) is 5. The molecule has 29 heavy (non-hydrogen) atoms. The number of rotatable bonds is 10. The van der Waals surface area contributed by atoms with Crippen molar-refractivity contribution in [1.29, 1.82) is 0 Å². The highest BCUT2D eigenvalue weighted by Gasteiger charge is 2.28. The van der Waals surface area contributed by atoms with Crippen LogP contribution in [0.15, 0.2) is 30.5 Å². The number of nitrogens with zero attached hydrogens (tertiary/aromatic N) is 2. The highest BCUT2D eigenvalue weighted by atomic mass is 16.5. The molecule has 0 aliphatic carbocycles. The molecule has 10 heteroatoms. The highest BCUT2D eigenvalue weighted by molar-refractivity contribution is 6.25. The molecule has 0 aliphatic heterocycles. The number of hydrogen-bond donors (Lipinski definition) is 3. The molecule has 0 radical (unpaired) electrons. The zero-order chi connectivity index (χ0) is 21.4. The number of ether oxygens (including phenoxy) is 1. The lowest BCUT2D eigenvalue weighted by molar-refractivity contribution is -0.155. The molecule has 0 bridgehead atoms. The predicted octanol–water partition coefficient (Wildman–Crippen LogP) is 0.861. The van der Waals surface area contributed by atoms with Gasteiger partial charge in [0.2, 0.25) is 5.78 Å². The van der Waals surface area contributed by atoms with Gasteiger partial charge < -0.3 is 25.7 Å². The molecule has 1 aromatic carbocycles. The van der Waals surface area contributed by atoms with Crippen LogP contribution in [-0.4, -0.2) is 56.9 Å². The monoisotopic (exact) mass is 400 g/mol. The number of benzene rings is 1. The molecule has 152 valence electrons. The van der Waals surface area contributed by atoms with Crippen molar-refractivity contribution in [3.05, 3.63) is 41.6 Å². The summed E-state index contributed by atoms with van der Waals surface area (Å²) in [5.41, 5.74) is 9.89.